The van der Waals surface area contributed by atoms with E-state index < -0.39 is 6.10 Å². The van der Waals surface area contributed by atoms with Gasteiger partial charge in [0.15, 0.2) is 6.10 Å². The monoisotopic (exact) mass is 420 g/mol. The van der Waals surface area contributed by atoms with E-state index in [1.807, 2.05) is 0 Å². The van der Waals surface area contributed by atoms with Crippen molar-refractivity contribution in [3.63, 3.8) is 0 Å². The summed E-state index contributed by atoms with van der Waals surface area (Å²) >= 11 is 3.37. The van der Waals surface area contributed by atoms with Gasteiger partial charge >= 0.3 is 0 Å². The van der Waals surface area contributed by atoms with Gasteiger partial charge in [0.25, 0.3) is 11.8 Å². The third-order valence-electron chi connectivity index (χ3n) is 3.87. The molecule has 1 aliphatic rings. The smallest absolute Gasteiger partial charge is 0.265 e. The van der Waals surface area contributed by atoms with E-state index in [-0.39, 0.29) is 11.8 Å². The summed E-state index contributed by atoms with van der Waals surface area (Å²) in [7, 11) is 3.00. The number of rotatable bonds is 4. The molecule has 136 valence electrons. The van der Waals surface area contributed by atoms with Crippen molar-refractivity contribution >= 4 is 39.1 Å². The van der Waals surface area contributed by atoms with Crippen LogP contribution in [0.1, 0.15) is 17.3 Å². The van der Waals surface area contributed by atoms with E-state index in [0.717, 1.165) is 0 Å². The number of carbonyl (C=O) groups excluding carboxylic acids is 2. The zero-order valence-electron chi connectivity index (χ0n) is 14.4. The fourth-order valence-electron chi connectivity index (χ4n) is 2.55. The van der Waals surface area contributed by atoms with Gasteiger partial charge in [-0.3, -0.25) is 9.59 Å². The molecule has 0 aliphatic carbocycles. The molecule has 7 nitrogen and oxygen atoms in total. The van der Waals surface area contributed by atoms with Crippen molar-refractivity contribution in [2.75, 3.05) is 24.9 Å². The van der Waals surface area contributed by atoms with E-state index in [1.165, 1.54) is 14.2 Å². The highest BCUT2D eigenvalue weighted by Gasteiger charge is 2.24. The molecule has 26 heavy (non-hydrogen) atoms. The molecule has 0 aromatic heterocycles. The van der Waals surface area contributed by atoms with Gasteiger partial charge in [0.05, 0.1) is 29.9 Å². The summed E-state index contributed by atoms with van der Waals surface area (Å²) in [6.07, 6.45) is -0.554. The van der Waals surface area contributed by atoms with E-state index in [2.05, 4.69) is 26.6 Å². The first-order chi connectivity index (χ1) is 12.4. The van der Waals surface area contributed by atoms with Crippen LogP contribution >= 0.6 is 15.9 Å². The summed E-state index contributed by atoms with van der Waals surface area (Å²) in [5.41, 5.74) is 1.32. The number of benzene rings is 2. The predicted octanol–water partition coefficient (Wildman–Crippen LogP) is 3.44. The average Bonchev–Trinajstić information content (AvgIpc) is 2.62. The highest BCUT2D eigenvalue weighted by atomic mass is 79.9. The third kappa shape index (κ3) is 3.45. The molecule has 0 radical (unpaired) electrons. The van der Waals surface area contributed by atoms with Gasteiger partial charge in [0, 0.05) is 5.69 Å². The number of halogens is 1. The van der Waals surface area contributed by atoms with Gasteiger partial charge in [0.2, 0.25) is 0 Å². The predicted molar refractivity (Wildman–Crippen MR) is 100 cm³/mol. The van der Waals surface area contributed by atoms with Gasteiger partial charge < -0.3 is 24.8 Å². The second kappa shape index (κ2) is 7.25. The molecule has 2 N–H and O–H groups in total. The zero-order valence-corrected chi connectivity index (χ0v) is 16.0. The molecule has 2 amide bonds. The number of nitrogens with one attached hydrogen (secondary N) is 2. The number of amides is 2. The number of carbonyl (C=O) groups is 2. The minimum absolute atomic E-state index is 0.237. The summed E-state index contributed by atoms with van der Waals surface area (Å²) in [4.78, 5) is 24.5. The van der Waals surface area contributed by atoms with Gasteiger partial charge in [-0.1, -0.05) is 0 Å². The first kappa shape index (κ1) is 18.1. The fourth-order valence-corrected chi connectivity index (χ4v) is 3.15. The molecule has 1 heterocycles. The maximum Gasteiger partial charge on any atom is 0.265 e. The second-order valence-electron chi connectivity index (χ2n) is 5.60. The Morgan fingerprint density at radius 2 is 2.00 bits per heavy atom. The lowest BCUT2D eigenvalue weighted by atomic mass is 10.1. The van der Waals surface area contributed by atoms with Gasteiger partial charge in [-0.15, -0.1) is 0 Å². The lowest BCUT2D eigenvalue weighted by Gasteiger charge is -2.23. The van der Waals surface area contributed by atoms with E-state index in [4.69, 9.17) is 14.2 Å². The van der Waals surface area contributed by atoms with Crippen molar-refractivity contribution in [1.29, 1.82) is 0 Å². The van der Waals surface area contributed by atoms with Crippen molar-refractivity contribution in [2.24, 2.45) is 0 Å². The van der Waals surface area contributed by atoms with Crippen LogP contribution in [0.25, 0.3) is 0 Å². The SMILES string of the molecule is COc1cc(Br)c(OC)c(C(=O)Nc2ccc3c(c2)NC(=O)[C@@H](C)O3)c1. The standard InChI is InChI=1S/C18H17BrN2O5/c1-9-17(22)21-14-6-10(4-5-15(14)26-9)20-18(23)12-7-11(24-2)8-13(19)16(12)25-3/h4-9H,1-3H3,(H,20,23)(H,21,22)/t9-/m1/s1. The van der Waals surface area contributed by atoms with Gasteiger partial charge in [0.1, 0.15) is 17.2 Å². The minimum Gasteiger partial charge on any atom is -0.497 e. The first-order valence-electron chi connectivity index (χ1n) is 7.77. The van der Waals surface area contributed by atoms with E-state index in [0.29, 0.717) is 38.7 Å². The number of hydrogen-bond donors (Lipinski definition) is 2. The van der Waals surface area contributed by atoms with Crippen LogP contribution in [0.4, 0.5) is 11.4 Å². The molecule has 3 rings (SSSR count). The Morgan fingerprint density at radius 3 is 2.69 bits per heavy atom. The zero-order chi connectivity index (χ0) is 18.8. The molecule has 2 aromatic rings. The molecule has 0 unspecified atom stereocenters. The van der Waals surface area contributed by atoms with E-state index >= 15 is 0 Å². The first-order valence-corrected chi connectivity index (χ1v) is 8.56. The maximum atomic E-state index is 12.7. The van der Waals surface area contributed by atoms with Crippen LogP contribution in [0.15, 0.2) is 34.8 Å². The van der Waals surface area contributed by atoms with Crippen molar-refractivity contribution in [2.45, 2.75) is 13.0 Å². The molecule has 2 aromatic carbocycles. The molecule has 0 bridgehead atoms. The maximum absolute atomic E-state index is 12.7. The molecular formula is C18H17BrN2O5. The molecule has 1 atom stereocenters. The normalized spacial score (nSPS) is 15.4. The molecule has 8 heteroatoms. The quantitative estimate of drug-likeness (QED) is 0.790. The molecule has 1 aliphatic heterocycles. The number of hydrogen-bond acceptors (Lipinski definition) is 5. The van der Waals surface area contributed by atoms with Crippen LogP contribution in [-0.4, -0.2) is 32.1 Å². The van der Waals surface area contributed by atoms with Crippen LogP contribution in [-0.2, 0) is 4.79 Å². The Labute approximate surface area is 158 Å². The Balaban J connectivity index is 1.88. The number of anilines is 2. The van der Waals surface area contributed by atoms with Gasteiger partial charge in [-0.2, -0.15) is 0 Å². The van der Waals surface area contributed by atoms with Crippen LogP contribution in [0.3, 0.4) is 0 Å². The van der Waals surface area contributed by atoms with Crippen LogP contribution in [0, 0.1) is 0 Å². The average molecular weight is 421 g/mol. The molecule has 0 saturated carbocycles. The van der Waals surface area contributed by atoms with Crippen molar-refractivity contribution < 1.29 is 23.8 Å². The second-order valence-corrected chi connectivity index (χ2v) is 6.46. The summed E-state index contributed by atoms with van der Waals surface area (Å²) < 4.78 is 16.6. The molecule has 0 spiro atoms. The molecular weight excluding hydrogens is 404 g/mol. The number of ether oxygens (including phenoxy) is 3. The third-order valence-corrected chi connectivity index (χ3v) is 4.46. The van der Waals surface area contributed by atoms with E-state index in [1.54, 1.807) is 37.3 Å². The van der Waals surface area contributed by atoms with Crippen molar-refractivity contribution in [3.05, 3.63) is 40.4 Å². The Morgan fingerprint density at radius 1 is 1.23 bits per heavy atom. The van der Waals surface area contributed by atoms with Crippen LogP contribution < -0.4 is 24.8 Å². The summed E-state index contributed by atoms with van der Waals surface area (Å²) in [5, 5.41) is 5.53. The highest BCUT2D eigenvalue weighted by molar-refractivity contribution is 9.10. The van der Waals surface area contributed by atoms with Gasteiger partial charge in [-0.25, -0.2) is 0 Å². The molecule has 0 fully saturated rings. The van der Waals surface area contributed by atoms with Crippen molar-refractivity contribution in [1.82, 2.24) is 0 Å². The van der Waals surface area contributed by atoms with Crippen molar-refractivity contribution in [3.8, 4) is 17.2 Å². The Hall–Kier alpha value is -2.74. The highest BCUT2D eigenvalue weighted by Crippen LogP contribution is 2.35. The van der Waals surface area contributed by atoms with Gasteiger partial charge in [-0.05, 0) is 53.2 Å². The topological polar surface area (TPSA) is 85.9 Å². The Kier molecular flexibility index (Phi) is 5.03. The largest absolute Gasteiger partial charge is 0.497 e. The van der Waals surface area contributed by atoms with Crippen LogP contribution in [0.2, 0.25) is 0 Å². The minimum atomic E-state index is -0.554. The lowest BCUT2D eigenvalue weighted by molar-refractivity contribution is -0.122. The molecule has 0 saturated heterocycles. The fraction of sp³-hybridized carbons (Fsp3) is 0.222. The Bertz CT molecular complexity index is 884. The lowest BCUT2D eigenvalue weighted by Crippen LogP contribution is -2.34. The summed E-state index contributed by atoms with van der Waals surface area (Å²) in [6, 6.07) is 8.33. The number of methoxy groups -OCH3 is 2. The number of fused-ring (bicyclic) bond motifs is 1. The summed E-state index contributed by atoms with van der Waals surface area (Å²) in [5.74, 6) is 0.851. The summed E-state index contributed by atoms with van der Waals surface area (Å²) in [6.45, 7) is 1.67. The van der Waals surface area contributed by atoms with Crippen LogP contribution in [0.5, 0.6) is 17.2 Å². The van der Waals surface area contributed by atoms with E-state index in [9.17, 15) is 9.59 Å².